The molecule has 1 amide bonds. The summed E-state index contributed by atoms with van der Waals surface area (Å²) >= 11 is 0. The topological polar surface area (TPSA) is 116 Å². The number of hydrogen-bond donors (Lipinski definition) is 4. The SMILES string of the molecule is NC1CCN(CC(=O)Nc2ccc(O)cc2C(=O)O)CC1. The minimum atomic E-state index is -1.20. The number of phenols is 1. The molecule has 7 nitrogen and oxygen atoms in total. The minimum absolute atomic E-state index is 0.135. The van der Waals surface area contributed by atoms with Gasteiger partial charge in [0.1, 0.15) is 5.75 Å². The van der Waals surface area contributed by atoms with Crippen molar-refractivity contribution < 1.29 is 19.8 Å². The first-order valence-electron chi connectivity index (χ1n) is 6.80. The van der Waals surface area contributed by atoms with E-state index in [1.54, 1.807) is 0 Å². The number of carboxylic acid groups (broad SMARTS) is 1. The van der Waals surface area contributed by atoms with Gasteiger partial charge in [-0.05, 0) is 31.0 Å². The molecule has 0 aliphatic carbocycles. The number of amides is 1. The van der Waals surface area contributed by atoms with E-state index in [2.05, 4.69) is 5.32 Å². The van der Waals surface area contributed by atoms with Crippen LogP contribution in [0.3, 0.4) is 0 Å². The molecule has 0 aromatic heterocycles. The fraction of sp³-hybridized carbons (Fsp3) is 0.429. The van der Waals surface area contributed by atoms with E-state index in [9.17, 15) is 14.7 Å². The number of carbonyl (C=O) groups is 2. The van der Waals surface area contributed by atoms with Crippen molar-refractivity contribution in [3.05, 3.63) is 23.8 Å². The van der Waals surface area contributed by atoms with Crippen LogP contribution in [0.2, 0.25) is 0 Å². The Labute approximate surface area is 122 Å². The summed E-state index contributed by atoms with van der Waals surface area (Å²) in [4.78, 5) is 25.1. The number of hydrogen-bond acceptors (Lipinski definition) is 5. The Morgan fingerprint density at radius 1 is 1.33 bits per heavy atom. The number of aromatic carboxylic acids is 1. The third-order valence-corrected chi connectivity index (χ3v) is 3.51. The molecule has 1 saturated heterocycles. The first kappa shape index (κ1) is 15.3. The van der Waals surface area contributed by atoms with Crippen molar-refractivity contribution in [3.63, 3.8) is 0 Å². The van der Waals surface area contributed by atoms with Gasteiger partial charge in [0.25, 0.3) is 0 Å². The smallest absolute Gasteiger partial charge is 0.337 e. The van der Waals surface area contributed by atoms with Crippen LogP contribution in [0.4, 0.5) is 5.69 Å². The van der Waals surface area contributed by atoms with Gasteiger partial charge in [-0.15, -0.1) is 0 Å². The summed E-state index contributed by atoms with van der Waals surface area (Å²) in [7, 11) is 0. The molecule has 2 rings (SSSR count). The van der Waals surface area contributed by atoms with E-state index in [4.69, 9.17) is 10.8 Å². The summed E-state index contributed by atoms with van der Waals surface area (Å²) in [6, 6.07) is 4.02. The zero-order valence-corrected chi connectivity index (χ0v) is 11.6. The summed E-state index contributed by atoms with van der Waals surface area (Å²) in [5.74, 6) is -1.64. The summed E-state index contributed by atoms with van der Waals surface area (Å²) in [6.45, 7) is 1.72. The van der Waals surface area contributed by atoms with Crippen LogP contribution >= 0.6 is 0 Å². The minimum Gasteiger partial charge on any atom is -0.508 e. The molecule has 0 unspecified atom stereocenters. The van der Waals surface area contributed by atoms with Crippen LogP contribution in [-0.4, -0.2) is 52.7 Å². The molecule has 0 radical (unpaired) electrons. The Bertz CT molecular complexity index is 539. The van der Waals surface area contributed by atoms with Gasteiger partial charge in [0.05, 0.1) is 17.8 Å². The number of nitrogens with zero attached hydrogens (tertiary/aromatic N) is 1. The van der Waals surface area contributed by atoms with E-state index in [-0.39, 0.29) is 35.5 Å². The molecule has 1 fully saturated rings. The molecule has 1 aliphatic rings. The second-order valence-electron chi connectivity index (χ2n) is 5.20. The number of nitrogens with two attached hydrogens (primary N) is 1. The predicted molar refractivity (Wildman–Crippen MR) is 77.3 cm³/mol. The largest absolute Gasteiger partial charge is 0.508 e. The molecule has 0 bridgehead atoms. The maximum absolute atomic E-state index is 12.0. The Kier molecular flexibility index (Phi) is 4.77. The number of likely N-dealkylation sites (tertiary alicyclic amines) is 1. The highest BCUT2D eigenvalue weighted by molar-refractivity contribution is 6.01. The molecular formula is C14H19N3O4. The molecule has 5 N–H and O–H groups in total. The fourth-order valence-electron chi connectivity index (χ4n) is 2.32. The van der Waals surface area contributed by atoms with Crippen LogP contribution in [0.25, 0.3) is 0 Å². The van der Waals surface area contributed by atoms with Crippen molar-refractivity contribution in [1.82, 2.24) is 4.90 Å². The van der Waals surface area contributed by atoms with Gasteiger partial charge in [-0.1, -0.05) is 0 Å². The second kappa shape index (κ2) is 6.55. The first-order valence-corrected chi connectivity index (χ1v) is 6.80. The zero-order valence-electron chi connectivity index (χ0n) is 11.6. The van der Waals surface area contributed by atoms with Gasteiger partial charge in [0, 0.05) is 19.1 Å². The number of piperidine rings is 1. The predicted octanol–water partition coefficient (Wildman–Crippen LogP) is 0.452. The van der Waals surface area contributed by atoms with Crippen molar-refractivity contribution in [2.24, 2.45) is 5.73 Å². The summed E-state index contributed by atoms with van der Waals surface area (Å²) < 4.78 is 0. The van der Waals surface area contributed by atoms with Gasteiger partial charge >= 0.3 is 5.97 Å². The monoisotopic (exact) mass is 293 g/mol. The third-order valence-electron chi connectivity index (χ3n) is 3.51. The lowest BCUT2D eigenvalue weighted by molar-refractivity contribution is -0.117. The second-order valence-corrected chi connectivity index (χ2v) is 5.20. The molecule has 7 heteroatoms. The molecule has 21 heavy (non-hydrogen) atoms. The third kappa shape index (κ3) is 4.17. The van der Waals surface area contributed by atoms with E-state index in [1.807, 2.05) is 4.90 Å². The van der Waals surface area contributed by atoms with Crippen molar-refractivity contribution in [2.45, 2.75) is 18.9 Å². The molecule has 1 aromatic carbocycles. The maximum Gasteiger partial charge on any atom is 0.337 e. The number of anilines is 1. The Morgan fingerprint density at radius 3 is 2.62 bits per heavy atom. The number of carboxylic acids is 1. The number of benzene rings is 1. The van der Waals surface area contributed by atoms with Gasteiger partial charge < -0.3 is 21.3 Å². The van der Waals surface area contributed by atoms with Crippen LogP contribution in [0.1, 0.15) is 23.2 Å². The highest BCUT2D eigenvalue weighted by Gasteiger charge is 2.19. The van der Waals surface area contributed by atoms with Crippen LogP contribution in [0, 0.1) is 0 Å². The number of carbonyl (C=O) groups excluding carboxylic acids is 1. The highest BCUT2D eigenvalue weighted by atomic mass is 16.4. The van der Waals surface area contributed by atoms with Gasteiger partial charge in [-0.3, -0.25) is 9.69 Å². The van der Waals surface area contributed by atoms with Gasteiger partial charge in [0.15, 0.2) is 0 Å². The summed E-state index contributed by atoms with van der Waals surface area (Å²) in [5, 5.41) is 21.0. The van der Waals surface area contributed by atoms with Gasteiger partial charge in [-0.2, -0.15) is 0 Å². The van der Waals surface area contributed by atoms with Crippen LogP contribution < -0.4 is 11.1 Å². The molecule has 114 valence electrons. The molecule has 0 saturated carbocycles. The lowest BCUT2D eigenvalue weighted by atomic mass is 10.1. The number of nitrogens with one attached hydrogen (secondary N) is 1. The standard InChI is InChI=1S/C14H19N3O4/c15-9-3-5-17(6-4-9)8-13(19)16-12-2-1-10(18)7-11(12)14(20)21/h1-2,7,9,18H,3-6,8,15H2,(H,16,19)(H,20,21). The van der Waals surface area contributed by atoms with Crippen LogP contribution in [0.5, 0.6) is 5.75 Å². The number of aromatic hydroxyl groups is 1. The van der Waals surface area contributed by atoms with Crippen LogP contribution in [0.15, 0.2) is 18.2 Å². The molecule has 1 heterocycles. The summed E-state index contributed by atoms with van der Waals surface area (Å²) in [6.07, 6.45) is 1.71. The molecule has 1 aromatic rings. The van der Waals surface area contributed by atoms with E-state index < -0.39 is 5.97 Å². The average Bonchev–Trinajstić information content (AvgIpc) is 2.43. The fourth-order valence-corrected chi connectivity index (χ4v) is 2.32. The van der Waals surface area contributed by atoms with E-state index in [1.165, 1.54) is 12.1 Å². The molecular weight excluding hydrogens is 274 g/mol. The zero-order chi connectivity index (χ0) is 15.4. The van der Waals surface area contributed by atoms with E-state index in [0.29, 0.717) is 0 Å². The average molecular weight is 293 g/mol. The number of phenolic OH excluding ortho intramolecular Hbond substituents is 1. The Morgan fingerprint density at radius 2 is 2.00 bits per heavy atom. The van der Waals surface area contributed by atoms with Gasteiger partial charge in [-0.25, -0.2) is 4.79 Å². The molecule has 0 atom stereocenters. The Balaban J connectivity index is 1.98. The van der Waals surface area contributed by atoms with Crippen molar-refractivity contribution in [2.75, 3.05) is 25.0 Å². The molecule has 0 spiro atoms. The van der Waals surface area contributed by atoms with E-state index in [0.717, 1.165) is 32.0 Å². The Hall–Kier alpha value is -2.12. The lowest BCUT2D eigenvalue weighted by Crippen LogP contribution is -2.43. The normalized spacial score (nSPS) is 16.6. The first-order chi connectivity index (χ1) is 9.95. The van der Waals surface area contributed by atoms with E-state index >= 15 is 0 Å². The lowest BCUT2D eigenvalue weighted by Gasteiger charge is -2.29. The van der Waals surface area contributed by atoms with Crippen molar-refractivity contribution >= 4 is 17.6 Å². The quantitative estimate of drug-likeness (QED) is 0.599. The van der Waals surface area contributed by atoms with Gasteiger partial charge in [0.2, 0.25) is 5.91 Å². The maximum atomic E-state index is 12.0. The number of rotatable bonds is 4. The highest BCUT2D eigenvalue weighted by Crippen LogP contribution is 2.21. The summed E-state index contributed by atoms with van der Waals surface area (Å²) in [5.41, 5.74) is 5.85. The van der Waals surface area contributed by atoms with Crippen LogP contribution in [-0.2, 0) is 4.79 Å². The van der Waals surface area contributed by atoms with Crippen molar-refractivity contribution in [1.29, 1.82) is 0 Å². The molecule has 1 aliphatic heterocycles. The van der Waals surface area contributed by atoms with Crippen molar-refractivity contribution in [3.8, 4) is 5.75 Å².